The highest BCUT2D eigenvalue weighted by Gasteiger charge is 2.46. The van der Waals surface area contributed by atoms with Crippen LogP contribution in [0.5, 0.6) is 5.75 Å². The van der Waals surface area contributed by atoms with Crippen LogP contribution in [-0.2, 0) is 0 Å². The van der Waals surface area contributed by atoms with E-state index < -0.39 is 0 Å². The number of hydrogen-bond donors (Lipinski definition) is 0. The van der Waals surface area contributed by atoms with Gasteiger partial charge in [0.15, 0.2) is 0 Å². The molecule has 2 aliphatic rings. The van der Waals surface area contributed by atoms with Crippen LogP contribution in [0.3, 0.4) is 0 Å². The minimum atomic E-state index is 0.453. The fourth-order valence-corrected chi connectivity index (χ4v) is 4.56. The van der Waals surface area contributed by atoms with Crippen molar-refractivity contribution in [2.75, 3.05) is 38.7 Å². The molecule has 5 heteroatoms. The van der Waals surface area contributed by atoms with Gasteiger partial charge in [0.05, 0.1) is 17.8 Å². The Balaban J connectivity index is 1.56. The van der Waals surface area contributed by atoms with Crippen molar-refractivity contribution in [1.82, 2.24) is 9.88 Å². The number of hydrogen-bond acceptors (Lipinski definition) is 4. The lowest BCUT2D eigenvalue weighted by Gasteiger charge is -2.27. The van der Waals surface area contributed by atoms with Gasteiger partial charge in [-0.2, -0.15) is 0 Å². The van der Waals surface area contributed by atoms with E-state index in [1.165, 1.54) is 5.56 Å². The maximum atomic E-state index is 6.13. The predicted molar refractivity (Wildman–Crippen MR) is 102 cm³/mol. The van der Waals surface area contributed by atoms with Crippen molar-refractivity contribution in [1.29, 1.82) is 0 Å². The van der Waals surface area contributed by atoms with Gasteiger partial charge in [-0.15, -0.1) is 0 Å². The maximum Gasteiger partial charge on any atom is 0.128 e. The number of methoxy groups -OCH3 is 1. The summed E-state index contributed by atoms with van der Waals surface area (Å²) in [6.07, 6.45) is 0. The van der Waals surface area contributed by atoms with Gasteiger partial charge in [-0.1, -0.05) is 23.7 Å². The van der Waals surface area contributed by atoms with Crippen LogP contribution in [0.25, 0.3) is 0 Å². The minimum absolute atomic E-state index is 0.453. The van der Waals surface area contributed by atoms with Gasteiger partial charge in [0.1, 0.15) is 11.6 Å². The van der Waals surface area contributed by atoms with E-state index in [9.17, 15) is 0 Å². The van der Waals surface area contributed by atoms with Crippen LogP contribution in [0.15, 0.2) is 36.4 Å². The monoisotopic (exact) mass is 357 g/mol. The van der Waals surface area contributed by atoms with Crippen LogP contribution in [-0.4, -0.2) is 43.7 Å². The standard InChI is InChI=1S/C20H24ClN3O/c1-13-18(21)8-9-19(22-13)24-11-15-10-23(2)20(17(15)12-24)14-4-6-16(25-3)7-5-14/h4-9,15,17,20H,10-12H2,1-3H3/t15-,17+,20+/m0/s1. The number of pyridine rings is 1. The van der Waals surface area contributed by atoms with Crippen molar-refractivity contribution in [3.05, 3.63) is 52.7 Å². The fraction of sp³-hybridized carbons (Fsp3) is 0.450. The van der Waals surface area contributed by atoms with E-state index in [4.69, 9.17) is 16.3 Å². The molecule has 0 unspecified atom stereocenters. The van der Waals surface area contributed by atoms with E-state index >= 15 is 0 Å². The normalized spacial score (nSPS) is 26.1. The molecule has 0 bridgehead atoms. The van der Waals surface area contributed by atoms with Crippen LogP contribution in [0.1, 0.15) is 17.3 Å². The molecule has 1 aromatic carbocycles. The molecule has 0 aliphatic carbocycles. The lowest BCUT2D eigenvalue weighted by atomic mass is 9.89. The zero-order valence-electron chi connectivity index (χ0n) is 14.9. The highest BCUT2D eigenvalue weighted by Crippen LogP contribution is 2.45. The van der Waals surface area contributed by atoms with Crippen molar-refractivity contribution in [3.8, 4) is 5.75 Å². The summed E-state index contributed by atoms with van der Waals surface area (Å²) >= 11 is 6.13. The van der Waals surface area contributed by atoms with Crippen molar-refractivity contribution in [2.45, 2.75) is 13.0 Å². The Hall–Kier alpha value is -1.78. The fourth-order valence-electron chi connectivity index (χ4n) is 4.45. The Morgan fingerprint density at radius 2 is 1.84 bits per heavy atom. The molecule has 3 heterocycles. The molecule has 0 N–H and O–H groups in total. The molecule has 4 rings (SSSR count). The number of halogens is 1. The molecule has 0 radical (unpaired) electrons. The van der Waals surface area contributed by atoms with Crippen molar-refractivity contribution in [2.24, 2.45) is 11.8 Å². The van der Waals surface area contributed by atoms with E-state index in [2.05, 4.69) is 46.1 Å². The summed E-state index contributed by atoms with van der Waals surface area (Å²) in [4.78, 5) is 9.60. The number of likely N-dealkylation sites (tertiary alicyclic amines) is 1. The summed E-state index contributed by atoms with van der Waals surface area (Å²) in [5.74, 6) is 3.26. The van der Waals surface area contributed by atoms with Crippen molar-refractivity contribution < 1.29 is 4.74 Å². The van der Waals surface area contributed by atoms with Crippen molar-refractivity contribution in [3.63, 3.8) is 0 Å². The number of fused-ring (bicyclic) bond motifs is 1. The number of aromatic nitrogens is 1. The molecular weight excluding hydrogens is 334 g/mol. The first kappa shape index (κ1) is 16.7. The first-order valence-electron chi connectivity index (χ1n) is 8.79. The second-order valence-electron chi connectivity index (χ2n) is 7.22. The van der Waals surface area contributed by atoms with Gasteiger partial charge >= 0.3 is 0 Å². The Bertz CT molecular complexity index is 764. The second-order valence-corrected chi connectivity index (χ2v) is 7.63. The van der Waals surface area contributed by atoms with E-state index in [0.717, 1.165) is 41.9 Å². The predicted octanol–water partition coefficient (Wildman–Crippen LogP) is 3.79. The van der Waals surface area contributed by atoms with Crippen LogP contribution < -0.4 is 9.64 Å². The van der Waals surface area contributed by atoms with Gasteiger partial charge in [-0.3, -0.25) is 4.90 Å². The summed E-state index contributed by atoms with van der Waals surface area (Å²) in [6.45, 7) is 5.20. The van der Waals surface area contributed by atoms with Gasteiger partial charge in [0, 0.05) is 31.6 Å². The van der Waals surface area contributed by atoms with E-state index in [0.29, 0.717) is 17.9 Å². The van der Waals surface area contributed by atoms with Crippen LogP contribution in [0, 0.1) is 18.8 Å². The largest absolute Gasteiger partial charge is 0.497 e. The highest BCUT2D eigenvalue weighted by molar-refractivity contribution is 6.31. The van der Waals surface area contributed by atoms with Crippen LogP contribution >= 0.6 is 11.6 Å². The third kappa shape index (κ3) is 2.98. The van der Waals surface area contributed by atoms with Crippen molar-refractivity contribution >= 4 is 17.4 Å². The average molecular weight is 358 g/mol. The molecule has 0 saturated carbocycles. The zero-order chi connectivity index (χ0) is 17.6. The number of aryl methyl sites for hydroxylation is 1. The molecule has 1 aromatic heterocycles. The summed E-state index contributed by atoms with van der Waals surface area (Å²) in [6, 6.07) is 13.0. The third-order valence-corrected chi connectivity index (χ3v) is 6.08. The smallest absolute Gasteiger partial charge is 0.128 e. The maximum absolute atomic E-state index is 6.13. The van der Waals surface area contributed by atoms with E-state index in [-0.39, 0.29) is 0 Å². The number of nitrogens with zero attached hydrogens (tertiary/aromatic N) is 3. The molecule has 25 heavy (non-hydrogen) atoms. The first-order valence-corrected chi connectivity index (χ1v) is 9.17. The number of ether oxygens (including phenoxy) is 1. The Labute approximate surface area is 154 Å². The molecule has 4 nitrogen and oxygen atoms in total. The van der Waals surface area contributed by atoms with Gasteiger partial charge in [0.25, 0.3) is 0 Å². The van der Waals surface area contributed by atoms with E-state index in [1.807, 2.05) is 19.1 Å². The molecule has 132 valence electrons. The second kappa shape index (κ2) is 6.50. The zero-order valence-corrected chi connectivity index (χ0v) is 15.7. The lowest BCUT2D eigenvalue weighted by Crippen LogP contribution is -2.29. The number of rotatable bonds is 3. The summed E-state index contributed by atoms with van der Waals surface area (Å²) in [5, 5.41) is 0.735. The topological polar surface area (TPSA) is 28.6 Å². The quantitative estimate of drug-likeness (QED) is 0.835. The van der Waals surface area contributed by atoms with Gasteiger partial charge in [-0.05, 0) is 49.7 Å². The molecular formula is C20H24ClN3O. The minimum Gasteiger partial charge on any atom is -0.497 e. The van der Waals surface area contributed by atoms with Crippen LogP contribution in [0.2, 0.25) is 5.02 Å². The molecule has 2 aliphatic heterocycles. The Morgan fingerprint density at radius 1 is 1.08 bits per heavy atom. The Kier molecular flexibility index (Phi) is 4.34. The van der Waals surface area contributed by atoms with Gasteiger partial charge in [-0.25, -0.2) is 4.98 Å². The summed E-state index contributed by atoms with van der Waals surface area (Å²) < 4.78 is 5.30. The van der Waals surface area contributed by atoms with E-state index in [1.54, 1.807) is 7.11 Å². The first-order chi connectivity index (χ1) is 12.1. The molecule has 2 saturated heterocycles. The van der Waals surface area contributed by atoms with Gasteiger partial charge < -0.3 is 9.64 Å². The number of anilines is 1. The molecule has 3 atom stereocenters. The molecule has 2 fully saturated rings. The summed E-state index contributed by atoms with van der Waals surface area (Å²) in [5.41, 5.74) is 2.28. The highest BCUT2D eigenvalue weighted by atomic mass is 35.5. The molecule has 0 amide bonds. The lowest BCUT2D eigenvalue weighted by molar-refractivity contribution is 0.279. The molecule has 0 spiro atoms. The third-order valence-electron chi connectivity index (χ3n) is 5.68. The SMILES string of the molecule is COc1ccc([C@@H]2[C@@H]3CN(c4ccc(Cl)c(C)n4)C[C@@H]3CN2C)cc1. The van der Waals surface area contributed by atoms with Gasteiger partial charge in [0.2, 0.25) is 0 Å². The average Bonchev–Trinajstić information content (AvgIpc) is 3.14. The molecule has 2 aromatic rings. The van der Waals surface area contributed by atoms with Crippen LogP contribution in [0.4, 0.5) is 5.82 Å². The summed E-state index contributed by atoms with van der Waals surface area (Å²) in [7, 11) is 3.95. The Morgan fingerprint density at radius 3 is 2.52 bits per heavy atom. The number of benzene rings is 1.